The molecule has 0 radical (unpaired) electrons. The van der Waals surface area contributed by atoms with Crippen LogP contribution in [-0.2, 0) is 30.6 Å². The Morgan fingerprint density at radius 2 is 1.83 bits per heavy atom. The number of nitriles is 1. The van der Waals surface area contributed by atoms with E-state index in [9.17, 15) is 13.8 Å². The highest BCUT2D eigenvalue weighted by Gasteiger charge is 2.15. The first-order chi connectivity index (χ1) is 11.5. The summed E-state index contributed by atoms with van der Waals surface area (Å²) < 4.78 is 14.2. The van der Waals surface area contributed by atoms with Gasteiger partial charge in [0.2, 0.25) is 0 Å². The lowest BCUT2D eigenvalue weighted by atomic mass is 10.2. The molecule has 7 nitrogen and oxygen atoms in total. The minimum Gasteiger partial charge on any atom is -0.369 e. The van der Waals surface area contributed by atoms with Crippen molar-refractivity contribution in [2.24, 2.45) is 14.1 Å². The molecule has 0 aliphatic carbocycles. The summed E-state index contributed by atoms with van der Waals surface area (Å²) in [6.45, 7) is 0.286. The molecule has 0 amide bonds. The molecule has 1 N–H and O–H groups in total. The molecule has 0 aliphatic rings. The van der Waals surface area contributed by atoms with Crippen molar-refractivity contribution >= 4 is 16.6 Å². The molecule has 0 saturated carbocycles. The van der Waals surface area contributed by atoms with Gasteiger partial charge in [0.1, 0.15) is 11.9 Å². The summed E-state index contributed by atoms with van der Waals surface area (Å²) in [4.78, 5) is 23.9. The van der Waals surface area contributed by atoms with Gasteiger partial charge in [-0.15, -0.1) is 0 Å². The van der Waals surface area contributed by atoms with E-state index in [0.717, 1.165) is 10.1 Å². The Morgan fingerprint density at radius 3 is 2.46 bits per heavy atom. The van der Waals surface area contributed by atoms with E-state index in [0.29, 0.717) is 11.5 Å². The van der Waals surface area contributed by atoms with E-state index in [1.165, 1.54) is 18.7 Å². The number of rotatable bonds is 6. The molecule has 0 spiro atoms. The molecule has 1 aromatic heterocycles. The fourth-order valence-electron chi connectivity index (χ4n) is 2.27. The van der Waals surface area contributed by atoms with E-state index in [-0.39, 0.29) is 17.9 Å². The van der Waals surface area contributed by atoms with Gasteiger partial charge in [0.25, 0.3) is 5.56 Å². The van der Waals surface area contributed by atoms with Crippen LogP contribution in [0, 0.1) is 11.3 Å². The van der Waals surface area contributed by atoms with Crippen LogP contribution in [0.1, 0.15) is 11.1 Å². The lowest BCUT2D eigenvalue weighted by molar-refractivity contribution is 0.680. The third-order valence-electron chi connectivity index (χ3n) is 3.57. The molecule has 1 atom stereocenters. The van der Waals surface area contributed by atoms with Gasteiger partial charge in [-0.3, -0.25) is 18.1 Å². The van der Waals surface area contributed by atoms with Gasteiger partial charge in [-0.05, 0) is 5.56 Å². The van der Waals surface area contributed by atoms with Crippen molar-refractivity contribution in [3.63, 3.8) is 0 Å². The van der Waals surface area contributed by atoms with E-state index in [1.54, 1.807) is 0 Å². The van der Waals surface area contributed by atoms with Crippen LogP contribution in [0.4, 0.5) is 5.82 Å². The SMILES string of the molecule is Cn1c(NCC[S@@](=O)Cc2ccccc2)c(C#N)c(=O)n(C)c1=O. The summed E-state index contributed by atoms with van der Waals surface area (Å²) in [5.74, 6) is 0.925. The molecule has 0 fully saturated rings. The highest BCUT2D eigenvalue weighted by molar-refractivity contribution is 7.84. The molecular weight excluding hydrogens is 328 g/mol. The van der Waals surface area contributed by atoms with Gasteiger partial charge in [0.05, 0.1) is 0 Å². The molecule has 0 unspecified atom stereocenters. The molecule has 2 rings (SSSR count). The van der Waals surface area contributed by atoms with Gasteiger partial charge in [-0.25, -0.2) is 4.79 Å². The van der Waals surface area contributed by atoms with Crippen LogP contribution in [0.5, 0.6) is 0 Å². The molecule has 2 aromatic rings. The third-order valence-corrected chi connectivity index (χ3v) is 4.88. The number of hydrogen-bond donors (Lipinski definition) is 1. The minimum atomic E-state index is -1.09. The van der Waals surface area contributed by atoms with Crippen LogP contribution in [-0.4, -0.2) is 25.6 Å². The Bertz CT molecular complexity index is 910. The van der Waals surface area contributed by atoms with E-state index >= 15 is 0 Å². The highest BCUT2D eigenvalue weighted by atomic mass is 32.2. The molecule has 0 aliphatic heterocycles. The van der Waals surface area contributed by atoms with Crippen molar-refractivity contribution in [1.82, 2.24) is 9.13 Å². The van der Waals surface area contributed by atoms with Crippen LogP contribution in [0.25, 0.3) is 0 Å². The number of anilines is 1. The van der Waals surface area contributed by atoms with Gasteiger partial charge < -0.3 is 5.32 Å². The molecular formula is C16H18N4O3S. The number of nitrogens with zero attached hydrogens (tertiary/aromatic N) is 3. The summed E-state index contributed by atoms with van der Waals surface area (Å²) in [5.41, 5.74) is -0.316. The van der Waals surface area contributed by atoms with Gasteiger partial charge >= 0.3 is 5.69 Å². The maximum atomic E-state index is 12.1. The molecule has 8 heteroatoms. The van der Waals surface area contributed by atoms with Crippen molar-refractivity contribution < 1.29 is 4.21 Å². The standard InChI is InChI=1S/C16H18N4O3S/c1-19-14(13(10-17)15(21)20(2)16(19)22)18-8-9-24(23)11-12-6-4-3-5-7-12/h3-7,18H,8-9,11H2,1-2H3/t24-/m1/s1. The van der Waals surface area contributed by atoms with E-state index in [2.05, 4.69) is 5.32 Å². The lowest BCUT2D eigenvalue weighted by Gasteiger charge is -2.13. The van der Waals surface area contributed by atoms with E-state index in [1.807, 2.05) is 36.4 Å². The fraction of sp³-hybridized carbons (Fsp3) is 0.312. The Hall–Kier alpha value is -2.66. The maximum Gasteiger partial charge on any atom is 0.332 e. The Kier molecular flexibility index (Phi) is 5.71. The average molecular weight is 346 g/mol. The van der Waals surface area contributed by atoms with Crippen molar-refractivity contribution in [3.8, 4) is 6.07 Å². The van der Waals surface area contributed by atoms with Crippen LogP contribution in [0.2, 0.25) is 0 Å². The van der Waals surface area contributed by atoms with Crippen LogP contribution < -0.4 is 16.6 Å². The summed E-state index contributed by atoms with van der Waals surface area (Å²) in [5, 5.41) is 12.1. The van der Waals surface area contributed by atoms with Crippen molar-refractivity contribution in [3.05, 3.63) is 62.3 Å². The lowest BCUT2D eigenvalue weighted by Crippen LogP contribution is -2.40. The van der Waals surface area contributed by atoms with Gasteiger partial charge in [-0.1, -0.05) is 30.3 Å². The zero-order valence-electron chi connectivity index (χ0n) is 13.5. The summed E-state index contributed by atoms with van der Waals surface area (Å²) in [7, 11) is 1.71. The van der Waals surface area contributed by atoms with E-state index < -0.39 is 22.0 Å². The van der Waals surface area contributed by atoms with Crippen molar-refractivity contribution in [2.45, 2.75) is 5.75 Å². The van der Waals surface area contributed by atoms with Crippen LogP contribution in [0.3, 0.4) is 0 Å². The van der Waals surface area contributed by atoms with Crippen molar-refractivity contribution in [1.29, 1.82) is 5.26 Å². The Morgan fingerprint density at radius 1 is 1.17 bits per heavy atom. The van der Waals surface area contributed by atoms with Crippen LogP contribution >= 0.6 is 0 Å². The van der Waals surface area contributed by atoms with Gasteiger partial charge in [0.15, 0.2) is 5.56 Å². The highest BCUT2D eigenvalue weighted by Crippen LogP contribution is 2.07. The smallest absolute Gasteiger partial charge is 0.332 e. The molecule has 24 heavy (non-hydrogen) atoms. The quantitative estimate of drug-likeness (QED) is 0.812. The molecule has 126 valence electrons. The topological polar surface area (TPSA) is 96.9 Å². The zero-order valence-corrected chi connectivity index (χ0v) is 14.3. The van der Waals surface area contributed by atoms with E-state index in [4.69, 9.17) is 5.26 Å². The molecule has 0 bridgehead atoms. The normalized spacial score (nSPS) is 11.7. The second-order valence-electron chi connectivity index (χ2n) is 5.24. The first-order valence-electron chi connectivity index (χ1n) is 7.28. The predicted molar refractivity (Wildman–Crippen MR) is 93.3 cm³/mol. The predicted octanol–water partition coefficient (Wildman–Crippen LogP) is 0.316. The average Bonchev–Trinajstić information content (AvgIpc) is 2.58. The van der Waals surface area contributed by atoms with Crippen LogP contribution in [0.15, 0.2) is 39.9 Å². The molecule has 1 heterocycles. The second kappa shape index (κ2) is 7.75. The monoisotopic (exact) mass is 346 g/mol. The number of benzene rings is 1. The number of nitrogens with one attached hydrogen (secondary N) is 1. The maximum absolute atomic E-state index is 12.1. The Balaban J connectivity index is 2.08. The number of hydrogen-bond acceptors (Lipinski definition) is 5. The molecule has 0 saturated heterocycles. The van der Waals surface area contributed by atoms with Gasteiger partial charge in [0, 0.05) is 42.9 Å². The third kappa shape index (κ3) is 3.81. The summed E-state index contributed by atoms with van der Waals surface area (Å²) in [6, 6.07) is 11.3. The first-order valence-corrected chi connectivity index (χ1v) is 8.77. The summed E-state index contributed by atoms with van der Waals surface area (Å²) >= 11 is 0. The largest absolute Gasteiger partial charge is 0.369 e. The van der Waals surface area contributed by atoms with Gasteiger partial charge in [-0.2, -0.15) is 5.26 Å². The second-order valence-corrected chi connectivity index (χ2v) is 6.82. The minimum absolute atomic E-state index is 0.131. The first kappa shape index (κ1) is 17.7. The summed E-state index contributed by atoms with van der Waals surface area (Å²) in [6.07, 6.45) is 0. The zero-order chi connectivity index (χ0) is 17.7. The van der Waals surface area contributed by atoms with Crippen molar-refractivity contribution in [2.75, 3.05) is 17.6 Å². The Labute approximate surface area is 141 Å². The number of aromatic nitrogens is 2. The molecule has 1 aromatic carbocycles. The fourth-order valence-corrected chi connectivity index (χ4v) is 3.31.